The van der Waals surface area contributed by atoms with Crippen LogP contribution in [-0.4, -0.2) is 20.0 Å². The third-order valence-electron chi connectivity index (χ3n) is 2.93. The van der Waals surface area contributed by atoms with Crippen LogP contribution in [0.25, 0.3) is 0 Å². The molecule has 0 saturated heterocycles. The summed E-state index contributed by atoms with van der Waals surface area (Å²) in [6.07, 6.45) is 2.06. The average molecular weight is 307 g/mol. The van der Waals surface area contributed by atoms with Crippen LogP contribution in [0.3, 0.4) is 0 Å². The molecule has 0 radical (unpaired) electrons. The molecular formula is C16H21NO3S. The Bertz CT molecular complexity index is 568. The molecule has 0 aliphatic carbocycles. The summed E-state index contributed by atoms with van der Waals surface area (Å²) in [6, 6.07) is 9.83. The molecule has 0 bridgehead atoms. The number of anilines is 1. The van der Waals surface area contributed by atoms with Crippen molar-refractivity contribution in [2.75, 3.05) is 25.3 Å². The number of hydrogen-bond acceptors (Lipinski definition) is 5. The molecule has 0 fully saturated rings. The smallest absolute Gasteiger partial charge is 0.163 e. The highest BCUT2D eigenvalue weighted by Gasteiger charge is 2.06. The number of thioether (sulfide) groups is 1. The van der Waals surface area contributed by atoms with E-state index in [9.17, 15) is 0 Å². The maximum Gasteiger partial charge on any atom is 0.163 e. The van der Waals surface area contributed by atoms with Crippen molar-refractivity contribution in [2.45, 2.75) is 19.2 Å². The Labute approximate surface area is 129 Å². The van der Waals surface area contributed by atoms with E-state index in [0.29, 0.717) is 13.2 Å². The van der Waals surface area contributed by atoms with E-state index >= 15 is 0 Å². The number of furan rings is 1. The van der Waals surface area contributed by atoms with Crippen molar-refractivity contribution < 1.29 is 13.9 Å². The molecular weight excluding hydrogens is 286 g/mol. The van der Waals surface area contributed by atoms with Gasteiger partial charge in [0.25, 0.3) is 0 Å². The molecule has 5 heteroatoms. The third-order valence-corrected chi connectivity index (χ3v) is 3.51. The van der Waals surface area contributed by atoms with Gasteiger partial charge in [-0.15, -0.1) is 0 Å². The van der Waals surface area contributed by atoms with E-state index in [1.807, 2.05) is 37.3 Å². The molecule has 0 aliphatic heterocycles. The summed E-state index contributed by atoms with van der Waals surface area (Å²) < 4.78 is 16.6. The van der Waals surface area contributed by atoms with Crippen molar-refractivity contribution in [3.63, 3.8) is 0 Å². The lowest BCUT2D eigenvalue weighted by Gasteiger charge is -2.12. The zero-order valence-electron chi connectivity index (χ0n) is 12.6. The normalized spacial score (nSPS) is 10.4. The van der Waals surface area contributed by atoms with Crippen molar-refractivity contribution in [2.24, 2.45) is 0 Å². The monoisotopic (exact) mass is 307 g/mol. The lowest BCUT2D eigenvalue weighted by atomic mass is 10.2. The quantitative estimate of drug-likeness (QED) is 0.793. The van der Waals surface area contributed by atoms with Gasteiger partial charge >= 0.3 is 0 Å². The number of rotatable bonds is 8. The predicted molar refractivity (Wildman–Crippen MR) is 87.4 cm³/mol. The average Bonchev–Trinajstić information content (AvgIpc) is 2.94. The maximum atomic E-state index is 5.73. The summed E-state index contributed by atoms with van der Waals surface area (Å²) in [6.45, 7) is 3.21. The molecule has 21 heavy (non-hydrogen) atoms. The van der Waals surface area contributed by atoms with Gasteiger partial charge in [-0.1, -0.05) is 0 Å². The number of hydrogen-bond donors (Lipinski definition) is 1. The first-order valence-electron chi connectivity index (χ1n) is 6.88. The fourth-order valence-corrected chi connectivity index (χ4v) is 2.42. The van der Waals surface area contributed by atoms with Gasteiger partial charge in [0.2, 0.25) is 0 Å². The minimum atomic E-state index is 0.607. The van der Waals surface area contributed by atoms with Crippen molar-refractivity contribution in [1.82, 2.24) is 0 Å². The number of methoxy groups -OCH3 is 1. The van der Waals surface area contributed by atoms with Crippen molar-refractivity contribution in [1.29, 1.82) is 0 Å². The summed E-state index contributed by atoms with van der Waals surface area (Å²) in [4.78, 5) is 0. The summed E-state index contributed by atoms with van der Waals surface area (Å²) in [5, 5.41) is 3.33. The molecule has 0 aliphatic rings. The second kappa shape index (κ2) is 7.88. The molecule has 0 unspecified atom stereocenters. The Kier molecular flexibility index (Phi) is 5.87. The van der Waals surface area contributed by atoms with E-state index in [1.54, 1.807) is 18.9 Å². The van der Waals surface area contributed by atoms with E-state index in [4.69, 9.17) is 13.9 Å². The minimum absolute atomic E-state index is 0.607. The van der Waals surface area contributed by atoms with E-state index in [2.05, 4.69) is 11.6 Å². The SMILES string of the molecule is CCOc1cc(NCc2ccc(CSC)o2)ccc1OC. The summed E-state index contributed by atoms with van der Waals surface area (Å²) >= 11 is 1.75. The van der Waals surface area contributed by atoms with Crippen LogP contribution in [0.1, 0.15) is 18.4 Å². The highest BCUT2D eigenvalue weighted by Crippen LogP contribution is 2.30. The van der Waals surface area contributed by atoms with Gasteiger partial charge in [-0.3, -0.25) is 0 Å². The molecule has 2 aromatic rings. The maximum absolute atomic E-state index is 5.73. The summed E-state index contributed by atoms with van der Waals surface area (Å²) in [7, 11) is 1.64. The van der Waals surface area contributed by atoms with Gasteiger partial charge in [0.1, 0.15) is 11.5 Å². The first-order chi connectivity index (χ1) is 10.3. The number of nitrogens with one attached hydrogen (secondary N) is 1. The van der Waals surface area contributed by atoms with Crippen LogP contribution < -0.4 is 14.8 Å². The van der Waals surface area contributed by atoms with E-state index in [-0.39, 0.29) is 0 Å². The van der Waals surface area contributed by atoms with Crippen LogP contribution in [-0.2, 0) is 12.3 Å². The van der Waals surface area contributed by atoms with Gasteiger partial charge < -0.3 is 19.2 Å². The molecule has 114 valence electrons. The molecule has 0 spiro atoms. The van der Waals surface area contributed by atoms with Crippen molar-refractivity contribution in [3.8, 4) is 11.5 Å². The number of benzene rings is 1. The van der Waals surface area contributed by atoms with Gasteiger partial charge in [0.05, 0.1) is 26.0 Å². The lowest BCUT2D eigenvalue weighted by molar-refractivity contribution is 0.311. The van der Waals surface area contributed by atoms with Gasteiger partial charge in [-0.2, -0.15) is 11.8 Å². The first kappa shape index (κ1) is 15.6. The summed E-state index contributed by atoms with van der Waals surface area (Å²) in [5.41, 5.74) is 0.974. The molecule has 0 atom stereocenters. The second-order valence-electron chi connectivity index (χ2n) is 4.45. The molecule has 1 aromatic carbocycles. The van der Waals surface area contributed by atoms with Crippen LogP contribution in [0.4, 0.5) is 5.69 Å². The van der Waals surface area contributed by atoms with E-state index in [1.165, 1.54) is 0 Å². The van der Waals surface area contributed by atoms with Gasteiger partial charge in [-0.05, 0) is 37.4 Å². The Hall–Kier alpha value is -1.75. The molecule has 4 nitrogen and oxygen atoms in total. The van der Waals surface area contributed by atoms with Crippen LogP contribution in [0, 0.1) is 0 Å². The Morgan fingerprint density at radius 2 is 1.95 bits per heavy atom. The lowest BCUT2D eigenvalue weighted by Crippen LogP contribution is -2.00. The minimum Gasteiger partial charge on any atom is -0.493 e. The first-order valence-corrected chi connectivity index (χ1v) is 8.27. The van der Waals surface area contributed by atoms with E-state index in [0.717, 1.165) is 34.5 Å². The molecule has 1 heterocycles. The standard InChI is InChI=1S/C16H21NO3S/c1-4-19-16-9-12(5-8-15(16)18-2)17-10-13-6-7-14(20-13)11-21-3/h5-9,17H,4,10-11H2,1-3H3. The predicted octanol–water partition coefficient (Wildman–Crippen LogP) is 4.16. The van der Waals surface area contributed by atoms with E-state index < -0.39 is 0 Å². The molecule has 2 rings (SSSR count). The topological polar surface area (TPSA) is 43.6 Å². The Morgan fingerprint density at radius 3 is 2.67 bits per heavy atom. The third kappa shape index (κ3) is 4.36. The fourth-order valence-electron chi connectivity index (χ4n) is 1.98. The Morgan fingerprint density at radius 1 is 1.14 bits per heavy atom. The van der Waals surface area contributed by atoms with Gasteiger partial charge in [0.15, 0.2) is 11.5 Å². The largest absolute Gasteiger partial charge is 0.493 e. The van der Waals surface area contributed by atoms with Crippen LogP contribution in [0.5, 0.6) is 11.5 Å². The summed E-state index contributed by atoms with van der Waals surface area (Å²) in [5.74, 6) is 4.31. The second-order valence-corrected chi connectivity index (χ2v) is 5.32. The van der Waals surface area contributed by atoms with Gasteiger partial charge in [0, 0.05) is 11.8 Å². The van der Waals surface area contributed by atoms with Crippen molar-refractivity contribution >= 4 is 17.4 Å². The number of ether oxygens (including phenoxy) is 2. The molecule has 1 N–H and O–H groups in total. The van der Waals surface area contributed by atoms with Gasteiger partial charge in [-0.25, -0.2) is 0 Å². The highest BCUT2D eigenvalue weighted by atomic mass is 32.2. The zero-order valence-corrected chi connectivity index (χ0v) is 13.5. The molecule has 0 saturated carbocycles. The van der Waals surface area contributed by atoms with Crippen molar-refractivity contribution in [3.05, 3.63) is 41.9 Å². The van der Waals surface area contributed by atoms with Crippen LogP contribution >= 0.6 is 11.8 Å². The molecule has 1 aromatic heterocycles. The van der Waals surface area contributed by atoms with Crippen LogP contribution in [0.2, 0.25) is 0 Å². The Balaban J connectivity index is 2.00. The highest BCUT2D eigenvalue weighted by molar-refractivity contribution is 7.97. The van der Waals surface area contributed by atoms with Crippen LogP contribution in [0.15, 0.2) is 34.7 Å². The zero-order chi connectivity index (χ0) is 15.1. The molecule has 0 amide bonds. The fraction of sp³-hybridized carbons (Fsp3) is 0.375.